The van der Waals surface area contributed by atoms with Crippen LogP contribution in [0, 0.1) is 0 Å². The number of hydrogen-bond acceptors (Lipinski definition) is 9. The molecule has 0 fully saturated rings. The summed E-state index contributed by atoms with van der Waals surface area (Å²) in [6, 6.07) is 20.5. The average molecular weight is 888 g/mol. The van der Waals surface area contributed by atoms with Crippen molar-refractivity contribution in [3.8, 4) is 0 Å². The number of anilines is 2. The van der Waals surface area contributed by atoms with E-state index in [0.29, 0.717) is 50.9 Å². The predicted octanol–water partition coefficient (Wildman–Crippen LogP) is 5.56. The number of aromatic amines is 2. The number of thiophene rings is 2. The molecule has 0 saturated carbocycles. The van der Waals surface area contributed by atoms with E-state index in [9.17, 15) is 31.8 Å². The first-order valence-corrected chi connectivity index (χ1v) is 23.8. The third-order valence-corrected chi connectivity index (χ3v) is 13.6. The molecule has 0 radical (unpaired) electrons. The number of rotatable bonds is 10. The standard InChI is InChI=1S/C19H18ClN3O4S2.C19H18ClN3O3S2/c1-29(26,27)7-6-23-15-5-3-2-4-11(15)8-14(19(23)25)21-17(24)13-9-12-10-16(20)28-18(12)22-13;1-28(26)7-6-23-15-5-3-2-4-11(15)8-14(19(23)25)21-17(24)13-9-12-10-16(20)27-18(12)22-13/h2-5,9-10,14,22H,6-8H2,1H3,(H,21,24);2-5,9-10,14,22H,6-8H2,1H3,(H,21,24). The van der Waals surface area contributed by atoms with Gasteiger partial charge in [-0.15, -0.1) is 22.7 Å². The van der Waals surface area contributed by atoms with Gasteiger partial charge in [0, 0.05) is 77.1 Å². The van der Waals surface area contributed by atoms with Gasteiger partial charge in [0.25, 0.3) is 11.8 Å². The third-order valence-electron chi connectivity index (χ3n) is 9.49. The fourth-order valence-corrected chi connectivity index (χ4v) is 9.99. The second kappa shape index (κ2) is 16.8. The largest absolute Gasteiger partial charge is 0.342 e. The summed E-state index contributed by atoms with van der Waals surface area (Å²) in [6.45, 7) is 0.389. The lowest BCUT2D eigenvalue weighted by Gasteiger charge is -2.34. The van der Waals surface area contributed by atoms with Crippen molar-refractivity contribution in [1.29, 1.82) is 0 Å². The van der Waals surface area contributed by atoms with Crippen LogP contribution in [0.5, 0.6) is 0 Å². The number of sulfone groups is 1. The summed E-state index contributed by atoms with van der Waals surface area (Å²) in [4.78, 5) is 62.2. The van der Waals surface area contributed by atoms with Crippen molar-refractivity contribution in [3.05, 3.63) is 104 Å². The van der Waals surface area contributed by atoms with Gasteiger partial charge in [-0.05, 0) is 47.5 Å². The number of carbonyl (C=O) groups is 4. The van der Waals surface area contributed by atoms with Crippen LogP contribution in [-0.2, 0) is 43.1 Å². The zero-order chi connectivity index (χ0) is 40.6. The molecule has 0 spiro atoms. The van der Waals surface area contributed by atoms with Gasteiger partial charge in [0.15, 0.2) is 0 Å². The fourth-order valence-electron chi connectivity index (χ4n) is 6.79. The van der Waals surface area contributed by atoms with Gasteiger partial charge in [0.05, 0.1) is 14.4 Å². The Morgan fingerprint density at radius 2 is 1.21 bits per heavy atom. The maximum Gasteiger partial charge on any atom is 0.268 e. The second-order valence-corrected chi connectivity index (χ2v) is 20.8. The molecule has 19 heteroatoms. The summed E-state index contributed by atoms with van der Waals surface area (Å²) in [5, 5.41) is 7.32. The lowest BCUT2D eigenvalue weighted by Crippen LogP contribution is -2.53. The molecule has 6 heterocycles. The molecule has 2 aliphatic rings. The van der Waals surface area contributed by atoms with Gasteiger partial charge < -0.3 is 30.4 Å². The van der Waals surface area contributed by atoms with E-state index in [1.165, 1.54) is 27.6 Å². The maximum absolute atomic E-state index is 13.0. The molecule has 57 heavy (non-hydrogen) atoms. The minimum atomic E-state index is -3.24. The summed E-state index contributed by atoms with van der Waals surface area (Å²) in [7, 11) is -4.25. The fraction of sp³-hybridized carbons (Fsp3) is 0.263. The van der Waals surface area contributed by atoms with E-state index in [-0.39, 0.29) is 30.0 Å². The van der Waals surface area contributed by atoms with E-state index >= 15 is 0 Å². The zero-order valence-electron chi connectivity index (χ0n) is 30.5. The molecule has 298 valence electrons. The van der Waals surface area contributed by atoms with Crippen molar-refractivity contribution in [2.24, 2.45) is 0 Å². The van der Waals surface area contributed by atoms with Gasteiger partial charge in [-0.3, -0.25) is 23.4 Å². The molecule has 8 rings (SSSR count). The highest BCUT2D eigenvalue weighted by atomic mass is 35.5. The van der Waals surface area contributed by atoms with E-state index in [4.69, 9.17) is 23.2 Å². The normalized spacial score (nSPS) is 17.2. The van der Waals surface area contributed by atoms with Crippen LogP contribution in [0.3, 0.4) is 0 Å². The number of amides is 4. The Hall–Kier alpha value is -4.52. The number of aromatic nitrogens is 2. The highest BCUT2D eigenvalue weighted by Gasteiger charge is 2.35. The molecule has 0 bridgehead atoms. The van der Waals surface area contributed by atoms with Crippen LogP contribution in [0.15, 0.2) is 72.8 Å². The molecule has 4 amide bonds. The number of carbonyl (C=O) groups excluding carboxylic acids is 4. The molecule has 3 unspecified atom stereocenters. The molecule has 4 aromatic heterocycles. The lowest BCUT2D eigenvalue weighted by molar-refractivity contribution is -0.121. The van der Waals surface area contributed by atoms with Crippen molar-refractivity contribution in [2.45, 2.75) is 24.9 Å². The molecular formula is C38H36Cl2N6O7S4. The minimum Gasteiger partial charge on any atom is -0.342 e. The van der Waals surface area contributed by atoms with Crippen LogP contribution in [0.4, 0.5) is 11.4 Å². The third kappa shape index (κ3) is 9.29. The molecule has 6 aromatic rings. The molecule has 2 aromatic carbocycles. The lowest BCUT2D eigenvalue weighted by atomic mass is 9.97. The molecule has 0 aliphatic carbocycles. The molecule has 0 saturated heterocycles. The van der Waals surface area contributed by atoms with E-state index in [1.54, 1.807) is 47.6 Å². The summed E-state index contributed by atoms with van der Waals surface area (Å²) < 4.78 is 36.0. The van der Waals surface area contributed by atoms with Crippen LogP contribution >= 0.6 is 45.9 Å². The molecular weight excluding hydrogens is 852 g/mol. The second-order valence-electron chi connectivity index (χ2n) is 13.6. The van der Waals surface area contributed by atoms with Gasteiger partial charge in [-0.25, -0.2) is 8.42 Å². The summed E-state index contributed by atoms with van der Waals surface area (Å²) in [5.41, 5.74) is 4.10. The van der Waals surface area contributed by atoms with Gasteiger partial charge in [0.1, 0.15) is 43.0 Å². The van der Waals surface area contributed by atoms with Crippen LogP contribution in [0.25, 0.3) is 20.4 Å². The maximum atomic E-state index is 13.0. The highest BCUT2D eigenvalue weighted by Crippen LogP contribution is 2.32. The monoisotopic (exact) mass is 886 g/mol. The van der Waals surface area contributed by atoms with E-state index in [0.717, 1.165) is 43.5 Å². The van der Waals surface area contributed by atoms with Gasteiger partial charge in [0.2, 0.25) is 11.8 Å². The van der Waals surface area contributed by atoms with Crippen molar-refractivity contribution >= 4 is 122 Å². The van der Waals surface area contributed by atoms with Crippen LogP contribution < -0.4 is 20.4 Å². The van der Waals surface area contributed by atoms with E-state index in [1.807, 2.05) is 36.4 Å². The molecule has 4 N–H and O–H groups in total. The first-order chi connectivity index (χ1) is 27.1. The van der Waals surface area contributed by atoms with Crippen LogP contribution in [0.2, 0.25) is 8.67 Å². The smallest absolute Gasteiger partial charge is 0.268 e. The average Bonchev–Trinajstić information content (AvgIpc) is 3.91. The van der Waals surface area contributed by atoms with E-state index in [2.05, 4.69) is 20.6 Å². The van der Waals surface area contributed by atoms with Gasteiger partial charge in [-0.2, -0.15) is 0 Å². The Morgan fingerprint density at radius 3 is 1.63 bits per heavy atom. The van der Waals surface area contributed by atoms with Crippen molar-refractivity contribution in [1.82, 2.24) is 20.6 Å². The first kappa shape index (κ1) is 40.7. The Kier molecular flexibility index (Phi) is 12.0. The zero-order valence-corrected chi connectivity index (χ0v) is 35.2. The Bertz CT molecular complexity index is 2610. The van der Waals surface area contributed by atoms with Crippen molar-refractivity contribution in [3.63, 3.8) is 0 Å². The Morgan fingerprint density at radius 1 is 0.772 bits per heavy atom. The minimum absolute atomic E-state index is 0.0395. The summed E-state index contributed by atoms with van der Waals surface area (Å²) >= 11 is 14.6. The summed E-state index contributed by atoms with van der Waals surface area (Å²) in [5.74, 6) is -1.01. The SMILES string of the molecule is CS(=O)(=O)CCN1C(=O)C(NC(=O)c2cc3cc(Cl)sc3[nH]2)Cc2ccccc21.CS(=O)CCN1C(=O)C(NC(=O)c2cc3cc(Cl)sc3[nH]2)Cc2ccccc21. The molecule has 13 nitrogen and oxygen atoms in total. The quantitative estimate of drug-likeness (QED) is 0.139. The Labute approximate surface area is 348 Å². The number of nitrogens with zero attached hydrogens (tertiary/aromatic N) is 2. The highest BCUT2D eigenvalue weighted by molar-refractivity contribution is 7.90. The van der Waals surface area contributed by atoms with Crippen LogP contribution in [-0.4, -0.2) is 95.4 Å². The Balaban J connectivity index is 0.000000174. The predicted molar refractivity (Wildman–Crippen MR) is 229 cm³/mol. The summed E-state index contributed by atoms with van der Waals surface area (Å²) in [6.07, 6.45) is 3.52. The number of H-pyrrole nitrogens is 2. The number of fused-ring (bicyclic) bond motifs is 4. The van der Waals surface area contributed by atoms with Crippen molar-refractivity contribution in [2.75, 3.05) is 46.9 Å². The number of para-hydroxylation sites is 2. The first-order valence-electron chi connectivity index (χ1n) is 17.6. The number of nitrogens with one attached hydrogen (secondary N) is 4. The number of hydrogen-bond donors (Lipinski definition) is 4. The number of halogens is 2. The van der Waals surface area contributed by atoms with Gasteiger partial charge in [-0.1, -0.05) is 59.6 Å². The van der Waals surface area contributed by atoms with E-state index < -0.39 is 38.6 Å². The molecule has 3 atom stereocenters. The van der Waals surface area contributed by atoms with Crippen molar-refractivity contribution < 1.29 is 31.8 Å². The van der Waals surface area contributed by atoms with Gasteiger partial charge >= 0.3 is 0 Å². The molecule has 2 aliphatic heterocycles. The topological polar surface area (TPSA) is 182 Å². The number of benzene rings is 2. The van der Waals surface area contributed by atoms with Crippen LogP contribution in [0.1, 0.15) is 32.1 Å².